The molecule has 1 N–H and O–H groups in total. The summed E-state index contributed by atoms with van der Waals surface area (Å²) in [6, 6.07) is 15.4. The number of aryl methyl sites for hydroxylation is 1. The number of hydrogen-bond acceptors (Lipinski definition) is 5. The average Bonchev–Trinajstić information content (AvgIpc) is 2.77. The number of benzene rings is 2. The molecule has 0 aromatic heterocycles. The number of ether oxygens (including phenoxy) is 1. The molecule has 1 atom stereocenters. The minimum Gasteiger partial charge on any atom is -0.497 e. The molecule has 0 spiro atoms. The second kappa shape index (κ2) is 10.4. The molecule has 174 valence electrons. The molecule has 1 aliphatic rings. The number of nitrogens with one attached hydrogen (secondary N) is 1. The van der Waals surface area contributed by atoms with Crippen LogP contribution < -0.4 is 15.0 Å². The third-order valence-electron chi connectivity index (χ3n) is 5.77. The fourth-order valence-corrected chi connectivity index (χ4v) is 5.28. The van der Waals surface area contributed by atoms with Crippen LogP contribution in [0.15, 0.2) is 48.5 Å². The SMILES string of the molecule is COc1ccc(C(NC(=O)CS(=O)(=O)N2CCN(c3cccc(C)c3)CC2)C(C)C)cc1. The Kier molecular flexibility index (Phi) is 7.79. The lowest BCUT2D eigenvalue weighted by molar-refractivity contribution is -0.119. The number of sulfonamides is 1. The van der Waals surface area contributed by atoms with E-state index in [9.17, 15) is 13.2 Å². The van der Waals surface area contributed by atoms with Gasteiger partial charge in [0.1, 0.15) is 11.5 Å². The molecule has 8 heteroatoms. The zero-order valence-electron chi connectivity index (χ0n) is 19.2. The topological polar surface area (TPSA) is 78.9 Å². The zero-order chi connectivity index (χ0) is 23.3. The molecule has 1 saturated heterocycles. The van der Waals surface area contributed by atoms with Crippen LogP contribution in [0.4, 0.5) is 5.69 Å². The van der Waals surface area contributed by atoms with Gasteiger partial charge in [0.2, 0.25) is 15.9 Å². The predicted molar refractivity (Wildman–Crippen MR) is 127 cm³/mol. The van der Waals surface area contributed by atoms with E-state index in [4.69, 9.17) is 4.74 Å². The quantitative estimate of drug-likeness (QED) is 0.657. The van der Waals surface area contributed by atoms with Gasteiger partial charge < -0.3 is 15.0 Å². The Morgan fingerprint density at radius 3 is 2.28 bits per heavy atom. The monoisotopic (exact) mass is 459 g/mol. The number of piperazine rings is 1. The lowest BCUT2D eigenvalue weighted by Crippen LogP contribution is -2.51. The van der Waals surface area contributed by atoms with Crippen LogP contribution in [0.1, 0.15) is 31.0 Å². The molecule has 0 saturated carbocycles. The van der Waals surface area contributed by atoms with Gasteiger partial charge in [-0.05, 0) is 48.2 Å². The second-order valence-electron chi connectivity index (χ2n) is 8.54. The maximum atomic E-state index is 12.9. The number of carbonyl (C=O) groups excluding carboxylic acids is 1. The molecule has 1 fully saturated rings. The Balaban J connectivity index is 1.59. The minimum atomic E-state index is -3.69. The van der Waals surface area contributed by atoms with E-state index in [1.807, 2.05) is 63.2 Å². The van der Waals surface area contributed by atoms with Crippen LogP contribution in [-0.2, 0) is 14.8 Å². The number of nitrogens with zero attached hydrogens (tertiary/aromatic N) is 2. The number of anilines is 1. The lowest BCUT2D eigenvalue weighted by Gasteiger charge is -2.35. The normalized spacial score (nSPS) is 16.1. The van der Waals surface area contributed by atoms with Crippen molar-refractivity contribution < 1.29 is 17.9 Å². The first kappa shape index (κ1) is 24.1. The van der Waals surface area contributed by atoms with E-state index in [2.05, 4.69) is 16.3 Å². The maximum absolute atomic E-state index is 12.9. The highest BCUT2D eigenvalue weighted by Crippen LogP contribution is 2.24. The Labute approximate surface area is 191 Å². The van der Waals surface area contributed by atoms with Crippen LogP contribution in [0.5, 0.6) is 5.75 Å². The second-order valence-corrected chi connectivity index (χ2v) is 10.5. The molecule has 1 unspecified atom stereocenters. The Bertz CT molecular complexity index is 1010. The van der Waals surface area contributed by atoms with Gasteiger partial charge in [-0.25, -0.2) is 8.42 Å². The highest BCUT2D eigenvalue weighted by atomic mass is 32.2. The van der Waals surface area contributed by atoms with E-state index in [1.54, 1.807) is 7.11 Å². The predicted octanol–water partition coefficient (Wildman–Crippen LogP) is 2.97. The van der Waals surface area contributed by atoms with E-state index in [0.29, 0.717) is 26.2 Å². The summed E-state index contributed by atoms with van der Waals surface area (Å²) >= 11 is 0. The molecule has 1 heterocycles. The van der Waals surface area contributed by atoms with Gasteiger partial charge in [-0.15, -0.1) is 0 Å². The van der Waals surface area contributed by atoms with Crippen molar-refractivity contribution in [1.82, 2.24) is 9.62 Å². The van der Waals surface area contributed by atoms with E-state index in [-0.39, 0.29) is 12.0 Å². The van der Waals surface area contributed by atoms with Crippen LogP contribution in [0.2, 0.25) is 0 Å². The molecule has 1 aliphatic heterocycles. The van der Waals surface area contributed by atoms with Crippen molar-refractivity contribution in [2.45, 2.75) is 26.8 Å². The molecular formula is C24H33N3O4S. The van der Waals surface area contributed by atoms with Crippen LogP contribution in [0, 0.1) is 12.8 Å². The molecule has 1 amide bonds. The van der Waals surface area contributed by atoms with Gasteiger partial charge >= 0.3 is 0 Å². The smallest absolute Gasteiger partial charge is 0.237 e. The molecular weight excluding hydrogens is 426 g/mol. The Hall–Kier alpha value is -2.58. The van der Waals surface area contributed by atoms with Crippen LogP contribution >= 0.6 is 0 Å². The number of amides is 1. The zero-order valence-corrected chi connectivity index (χ0v) is 20.1. The first-order valence-corrected chi connectivity index (χ1v) is 12.5. The molecule has 32 heavy (non-hydrogen) atoms. The standard InChI is InChI=1S/C24H33N3O4S/c1-18(2)24(20-8-10-22(31-4)11-9-20)25-23(28)17-32(29,30)27-14-12-26(13-15-27)21-7-5-6-19(3)16-21/h5-11,16,18,24H,12-15,17H2,1-4H3,(H,25,28). The van der Waals surface area contributed by atoms with Crippen molar-refractivity contribution >= 4 is 21.6 Å². The van der Waals surface area contributed by atoms with E-state index in [1.165, 1.54) is 9.87 Å². The number of hydrogen-bond donors (Lipinski definition) is 1. The summed E-state index contributed by atoms with van der Waals surface area (Å²) in [4.78, 5) is 14.9. The molecule has 0 bridgehead atoms. The fraction of sp³-hybridized carbons (Fsp3) is 0.458. The summed E-state index contributed by atoms with van der Waals surface area (Å²) in [7, 11) is -2.09. The van der Waals surface area contributed by atoms with Gasteiger partial charge in [0, 0.05) is 31.9 Å². The van der Waals surface area contributed by atoms with Gasteiger partial charge in [0.05, 0.1) is 13.2 Å². The summed E-state index contributed by atoms with van der Waals surface area (Å²) in [6.45, 7) is 7.97. The van der Waals surface area contributed by atoms with Gasteiger partial charge in [-0.2, -0.15) is 4.31 Å². The van der Waals surface area contributed by atoms with Crippen molar-refractivity contribution in [1.29, 1.82) is 0 Å². The average molecular weight is 460 g/mol. The first-order valence-electron chi connectivity index (χ1n) is 10.9. The van der Waals surface area contributed by atoms with E-state index >= 15 is 0 Å². The highest BCUT2D eigenvalue weighted by molar-refractivity contribution is 7.89. The Morgan fingerprint density at radius 2 is 1.72 bits per heavy atom. The van der Waals surface area contributed by atoms with E-state index < -0.39 is 21.7 Å². The van der Waals surface area contributed by atoms with Crippen LogP contribution in [-0.4, -0.2) is 57.7 Å². The van der Waals surface area contributed by atoms with Crippen molar-refractivity contribution in [3.63, 3.8) is 0 Å². The summed E-state index contributed by atoms with van der Waals surface area (Å²) in [5, 5.41) is 2.91. The van der Waals surface area contributed by atoms with Crippen LogP contribution in [0.3, 0.4) is 0 Å². The summed E-state index contributed by atoms with van der Waals surface area (Å²) in [6.07, 6.45) is 0. The molecule has 3 rings (SSSR count). The molecule has 0 radical (unpaired) electrons. The van der Waals surface area contributed by atoms with Gasteiger partial charge in [0.15, 0.2) is 0 Å². The van der Waals surface area contributed by atoms with Crippen molar-refractivity contribution in [3.8, 4) is 5.75 Å². The minimum absolute atomic E-state index is 0.105. The molecule has 2 aromatic rings. The number of rotatable bonds is 8. The lowest BCUT2D eigenvalue weighted by atomic mass is 9.96. The fourth-order valence-electron chi connectivity index (χ4n) is 3.97. The third-order valence-corrected chi connectivity index (χ3v) is 7.55. The summed E-state index contributed by atoms with van der Waals surface area (Å²) in [5.74, 6) is -0.194. The van der Waals surface area contributed by atoms with Crippen molar-refractivity contribution in [2.24, 2.45) is 5.92 Å². The summed E-state index contributed by atoms with van der Waals surface area (Å²) in [5.41, 5.74) is 3.18. The van der Waals surface area contributed by atoms with Gasteiger partial charge in [-0.1, -0.05) is 38.1 Å². The number of carbonyl (C=O) groups is 1. The van der Waals surface area contributed by atoms with Crippen molar-refractivity contribution in [3.05, 3.63) is 59.7 Å². The van der Waals surface area contributed by atoms with Crippen LogP contribution in [0.25, 0.3) is 0 Å². The summed E-state index contributed by atoms with van der Waals surface area (Å²) < 4.78 is 32.4. The largest absolute Gasteiger partial charge is 0.497 e. The molecule has 2 aromatic carbocycles. The van der Waals surface area contributed by atoms with E-state index in [0.717, 1.165) is 17.0 Å². The van der Waals surface area contributed by atoms with Gasteiger partial charge in [-0.3, -0.25) is 4.79 Å². The third kappa shape index (κ3) is 6.01. The first-order chi connectivity index (χ1) is 15.2. The maximum Gasteiger partial charge on any atom is 0.237 e. The van der Waals surface area contributed by atoms with Gasteiger partial charge in [0.25, 0.3) is 0 Å². The van der Waals surface area contributed by atoms with Crippen molar-refractivity contribution in [2.75, 3.05) is 43.9 Å². The Morgan fingerprint density at radius 1 is 1.06 bits per heavy atom. The molecule has 0 aliphatic carbocycles. The molecule has 7 nitrogen and oxygen atoms in total. The highest BCUT2D eigenvalue weighted by Gasteiger charge is 2.30. The number of methoxy groups -OCH3 is 1.